The highest BCUT2D eigenvalue weighted by Gasteiger charge is 2.22. The number of benzene rings is 1. The number of rotatable bonds is 5. The van der Waals surface area contributed by atoms with E-state index < -0.39 is 5.97 Å². The molecule has 0 atom stereocenters. The van der Waals surface area contributed by atoms with Gasteiger partial charge in [-0.1, -0.05) is 25.2 Å². The number of carbonyl (C=O) groups excluding carboxylic acids is 2. The van der Waals surface area contributed by atoms with E-state index in [1.54, 1.807) is 6.92 Å². The molecular formula is C21H24N2O4S. The first kappa shape index (κ1) is 20.1. The zero-order valence-corrected chi connectivity index (χ0v) is 17.7. The molecule has 2 aromatic heterocycles. The normalized spacial score (nSPS) is 11.2. The van der Waals surface area contributed by atoms with Crippen LogP contribution in [0.2, 0.25) is 0 Å². The minimum atomic E-state index is -0.421. The van der Waals surface area contributed by atoms with E-state index in [4.69, 9.17) is 9.15 Å². The Kier molecular flexibility index (Phi) is 5.56. The molecule has 0 spiro atoms. The highest BCUT2D eigenvalue weighted by Crippen LogP contribution is 2.29. The third-order valence-corrected chi connectivity index (χ3v) is 5.56. The number of amides is 1. The summed E-state index contributed by atoms with van der Waals surface area (Å²) < 4.78 is 11.0. The predicted octanol–water partition coefficient (Wildman–Crippen LogP) is 5.19. The number of hydrogen-bond donors (Lipinski definition) is 1. The van der Waals surface area contributed by atoms with Crippen molar-refractivity contribution in [3.8, 4) is 0 Å². The number of ether oxygens (including phenoxy) is 1. The van der Waals surface area contributed by atoms with Crippen molar-refractivity contribution in [3.63, 3.8) is 0 Å². The Morgan fingerprint density at radius 2 is 1.86 bits per heavy atom. The lowest BCUT2D eigenvalue weighted by Gasteiger charge is -2.05. The summed E-state index contributed by atoms with van der Waals surface area (Å²) in [7, 11) is 0. The van der Waals surface area contributed by atoms with E-state index in [-0.39, 0.29) is 17.6 Å². The number of furan rings is 1. The molecule has 1 amide bonds. The molecule has 1 N–H and O–H groups in total. The number of aromatic nitrogens is 1. The molecule has 0 aliphatic rings. The number of anilines is 1. The lowest BCUT2D eigenvalue weighted by molar-refractivity contribution is 0.0463. The van der Waals surface area contributed by atoms with Gasteiger partial charge in [0.1, 0.15) is 10.5 Å². The minimum Gasteiger partial charge on any atom is -0.461 e. The van der Waals surface area contributed by atoms with Crippen LogP contribution >= 0.6 is 11.3 Å². The molecule has 0 saturated heterocycles. The first-order chi connectivity index (χ1) is 13.2. The fourth-order valence-corrected chi connectivity index (χ4v) is 3.65. The summed E-state index contributed by atoms with van der Waals surface area (Å²) in [5.41, 5.74) is 4.23. The van der Waals surface area contributed by atoms with Gasteiger partial charge in [0.15, 0.2) is 10.9 Å². The second kappa shape index (κ2) is 7.75. The van der Waals surface area contributed by atoms with Crippen LogP contribution in [-0.2, 0) is 4.74 Å². The van der Waals surface area contributed by atoms with Gasteiger partial charge in [0.25, 0.3) is 5.91 Å². The van der Waals surface area contributed by atoms with E-state index in [1.165, 1.54) is 0 Å². The molecule has 3 aromatic rings. The summed E-state index contributed by atoms with van der Waals surface area (Å²) in [5.74, 6) is -0.314. The molecule has 0 radical (unpaired) electrons. The zero-order chi connectivity index (χ0) is 20.6. The second-order valence-electron chi connectivity index (χ2n) is 7.37. The molecule has 1 aromatic carbocycles. The fraction of sp³-hybridized carbons (Fsp3) is 0.381. The maximum absolute atomic E-state index is 12.7. The van der Waals surface area contributed by atoms with Gasteiger partial charge in [0, 0.05) is 10.9 Å². The fourth-order valence-electron chi connectivity index (χ4n) is 2.79. The molecule has 7 heteroatoms. The molecule has 0 aliphatic carbocycles. The van der Waals surface area contributed by atoms with Gasteiger partial charge in [-0.25, -0.2) is 9.78 Å². The van der Waals surface area contributed by atoms with Gasteiger partial charge in [0.05, 0.1) is 12.3 Å². The van der Waals surface area contributed by atoms with Gasteiger partial charge < -0.3 is 9.15 Å². The first-order valence-electron chi connectivity index (χ1n) is 9.13. The highest BCUT2D eigenvalue weighted by molar-refractivity contribution is 7.17. The molecule has 3 rings (SSSR count). The zero-order valence-electron chi connectivity index (χ0n) is 16.9. The summed E-state index contributed by atoms with van der Waals surface area (Å²) in [6.45, 7) is 11.9. The monoisotopic (exact) mass is 400 g/mol. The van der Waals surface area contributed by atoms with Crippen LogP contribution < -0.4 is 5.32 Å². The van der Waals surface area contributed by atoms with Crippen LogP contribution in [0.25, 0.3) is 11.0 Å². The maximum Gasteiger partial charge on any atom is 0.350 e. The van der Waals surface area contributed by atoms with Crippen LogP contribution in [0, 0.1) is 33.6 Å². The van der Waals surface area contributed by atoms with Crippen LogP contribution in [-0.4, -0.2) is 23.5 Å². The van der Waals surface area contributed by atoms with E-state index in [1.807, 2.05) is 46.8 Å². The first-order valence-corrected chi connectivity index (χ1v) is 9.95. The number of nitrogens with one attached hydrogen (secondary N) is 1. The average molecular weight is 401 g/mol. The predicted molar refractivity (Wildman–Crippen MR) is 110 cm³/mol. The van der Waals surface area contributed by atoms with Gasteiger partial charge in [-0.15, -0.1) is 0 Å². The van der Waals surface area contributed by atoms with Crippen LogP contribution in [0.15, 0.2) is 16.5 Å². The Balaban J connectivity index is 1.82. The molecular weight excluding hydrogens is 376 g/mol. The Morgan fingerprint density at radius 3 is 2.54 bits per heavy atom. The summed E-state index contributed by atoms with van der Waals surface area (Å²) in [4.78, 5) is 29.6. The number of thiazole rings is 1. The number of esters is 1. The van der Waals surface area contributed by atoms with E-state index in [2.05, 4.69) is 10.3 Å². The maximum atomic E-state index is 12.7. The van der Waals surface area contributed by atoms with Crippen LogP contribution in [0.5, 0.6) is 0 Å². The van der Waals surface area contributed by atoms with Crippen molar-refractivity contribution in [2.75, 3.05) is 11.9 Å². The Hall–Kier alpha value is -2.67. The van der Waals surface area contributed by atoms with Crippen molar-refractivity contribution in [3.05, 3.63) is 45.2 Å². The summed E-state index contributed by atoms with van der Waals surface area (Å²) in [6.07, 6.45) is 0. The molecule has 28 heavy (non-hydrogen) atoms. The Morgan fingerprint density at radius 1 is 1.18 bits per heavy atom. The molecule has 0 bridgehead atoms. The number of hydrogen-bond acceptors (Lipinski definition) is 6. The van der Waals surface area contributed by atoms with Gasteiger partial charge in [0.2, 0.25) is 0 Å². The summed E-state index contributed by atoms with van der Waals surface area (Å²) >= 11 is 1.10. The van der Waals surface area contributed by atoms with Crippen molar-refractivity contribution in [2.45, 2.75) is 41.5 Å². The van der Waals surface area contributed by atoms with Crippen molar-refractivity contribution in [1.82, 2.24) is 4.98 Å². The molecule has 148 valence electrons. The van der Waals surface area contributed by atoms with Gasteiger partial charge in [-0.05, 0) is 56.9 Å². The molecule has 0 fully saturated rings. The third kappa shape index (κ3) is 3.94. The van der Waals surface area contributed by atoms with E-state index in [0.29, 0.717) is 27.9 Å². The van der Waals surface area contributed by atoms with Gasteiger partial charge in [-0.2, -0.15) is 0 Å². The lowest BCUT2D eigenvalue weighted by atomic mass is 10.1. The van der Waals surface area contributed by atoms with Gasteiger partial charge in [-0.3, -0.25) is 10.1 Å². The van der Waals surface area contributed by atoms with Crippen LogP contribution in [0.3, 0.4) is 0 Å². The molecule has 0 unspecified atom stereocenters. The Bertz CT molecular complexity index is 1060. The summed E-state index contributed by atoms with van der Waals surface area (Å²) in [6, 6.07) is 3.96. The van der Waals surface area contributed by atoms with Crippen LogP contribution in [0.4, 0.5) is 5.13 Å². The molecule has 0 saturated carbocycles. The molecule has 0 aliphatic heterocycles. The van der Waals surface area contributed by atoms with E-state index in [9.17, 15) is 9.59 Å². The Labute approximate surface area is 167 Å². The van der Waals surface area contributed by atoms with E-state index in [0.717, 1.165) is 33.4 Å². The smallest absolute Gasteiger partial charge is 0.350 e. The number of aryl methyl sites for hydroxylation is 4. The number of carbonyl (C=O) groups is 2. The second-order valence-corrected chi connectivity index (χ2v) is 8.37. The van der Waals surface area contributed by atoms with Crippen molar-refractivity contribution >= 4 is 39.3 Å². The number of fused-ring (bicyclic) bond motifs is 1. The van der Waals surface area contributed by atoms with E-state index >= 15 is 0 Å². The molecule has 2 heterocycles. The largest absolute Gasteiger partial charge is 0.461 e. The van der Waals surface area contributed by atoms with Gasteiger partial charge >= 0.3 is 5.97 Å². The van der Waals surface area contributed by atoms with Crippen molar-refractivity contribution < 1.29 is 18.7 Å². The quantitative estimate of drug-likeness (QED) is 0.596. The van der Waals surface area contributed by atoms with Crippen molar-refractivity contribution in [2.24, 2.45) is 5.92 Å². The minimum absolute atomic E-state index is 0.247. The average Bonchev–Trinajstić information content (AvgIpc) is 3.14. The topological polar surface area (TPSA) is 81.4 Å². The SMILES string of the molecule is Cc1cc2oc(C(=O)Nc3nc(C)c(C(=O)OCC(C)C)s3)c(C)c2cc1C. The number of nitrogens with zero attached hydrogens (tertiary/aromatic N) is 1. The van der Waals surface area contributed by atoms with Crippen LogP contribution in [0.1, 0.15) is 56.5 Å². The lowest BCUT2D eigenvalue weighted by Crippen LogP contribution is -2.11. The summed E-state index contributed by atoms with van der Waals surface area (Å²) in [5, 5.41) is 3.99. The third-order valence-electron chi connectivity index (χ3n) is 4.51. The van der Waals surface area contributed by atoms with Crippen molar-refractivity contribution in [1.29, 1.82) is 0 Å². The molecule has 6 nitrogen and oxygen atoms in total. The highest BCUT2D eigenvalue weighted by atomic mass is 32.1. The standard InChI is InChI=1S/C21H24N2O4S/c1-10(2)9-26-20(25)18-14(6)22-21(28-18)23-19(24)17-13(5)15-7-11(3)12(4)8-16(15)27-17/h7-8,10H,9H2,1-6H3,(H,22,23,24).